The van der Waals surface area contributed by atoms with E-state index in [0.717, 1.165) is 30.4 Å². The Bertz CT molecular complexity index is 1050. The van der Waals surface area contributed by atoms with Crippen LogP contribution >= 0.6 is 0 Å². The second-order valence-corrected chi connectivity index (χ2v) is 8.31. The molecule has 6 heteroatoms. The molecular formula is C27H29NO5. The lowest BCUT2D eigenvalue weighted by molar-refractivity contribution is -0.140. The van der Waals surface area contributed by atoms with Crippen LogP contribution < -0.4 is 4.74 Å². The maximum atomic E-state index is 13.1. The molecule has 0 spiro atoms. The van der Waals surface area contributed by atoms with Crippen molar-refractivity contribution in [2.24, 2.45) is 0 Å². The Morgan fingerprint density at radius 1 is 1.18 bits per heavy atom. The molecule has 2 unspecified atom stereocenters. The maximum absolute atomic E-state index is 13.1. The summed E-state index contributed by atoms with van der Waals surface area (Å²) in [4.78, 5) is 27.7. The van der Waals surface area contributed by atoms with E-state index in [2.05, 4.69) is 13.5 Å². The summed E-state index contributed by atoms with van der Waals surface area (Å²) in [7, 11) is 0. The number of hydrogen-bond acceptors (Lipinski definition) is 5. The third-order valence-corrected chi connectivity index (χ3v) is 6.16. The number of amides is 1. The fraction of sp³-hybridized carbons (Fsp3) is 0.333. The molecule has 0 saturated carbocycles. The van der Waals surface area contributed by atoms with E-state index in [0.29, 0.717) is 31.1 Å². The molecule has 4 rings (SSSR count). The van der Waals surface area contributed by atoms with Crippen LogP contribution in [0.25, 0.3) is 5.76 Å². The molecule has 0 aromatic heterocycles. The number of likely N-dealkylation sites (tertiary alicyclic amines) is 1. The van der Waals surface area contributed by atoms with Crippen molar-refractivity contribution in [1.82, 2.24) is 4.90 Å². The predicted molar refractivity (Wildman–Crippen MR) is 126 cm³/mol. The fourth-order valence-electron chi connectivity index (χ4n) is 4.38. The largest absolute Gasteiger partial charge is 0.507 e. The van der Waals surface area contributed by atoms with Gasteiger partial charge in [-0.15, -0.1) is 0 Å². The second-order valence-electron chi connectivity index (χ2n) is 8.31. The Morgan fingerprint density at radius 2 is 1.91 bits per heavy atom. The van der Waals surface area contributed by atoms with Gasteiger partial charge in [-0.2, -0.15) is 0 Å². The van der Waals surface area contributed by atoms with Crippen molar-refractivity contribution in [3.63, 3.8) is 0 Å². The number of nitrogens with zero attached hydrogens (tertiary/aromatic N) is 1. The van der Waals surface area contributed by atoms with Crippen LogP contribution in [0, 0.1) is 0 Å². The zero-order valence-corrected chi connectivity index (χ0v) is 18.8. The lowest BCUT2D eigenvalue weighted by Crippen LogP contribution is -2.36. The van der Waals surface area contributed by atoms with Gasteiger partial charge in [0.2, 0.25) is 0 Å². The molecule has 2 saturated heterocycles. The molecule has 0 aliphatic carbocycles. The molecule has 0 radical (unpaired) electrons. The van der Waals surface area contributed by atoms with Crippen molar-refractivity contribution in [2.45, 2.75) is 38.3 Å². The van der Waals surface area contributed by atoms with Crippen LogP contribution in [0.5, 0.6) is 5.75 Å². The van der Waals surface area contributed by atoms with Crippen molar-refractivity contribution >= 4 is 17.4 Å². The highest BCUT2D eigenvalue weighted by Crippen LogP contribution is 2.40. The zero-order chi connectivity index (χ0) is 23.4. The number of aliphatic hydroxyl groups is 1. The van der Waals surface area contributed by atoms with Gasteiger partial charge >= 0.3 is 0 Å². The van der Waals surface area contributed by atoms with Gasteiger partial charge in [-0.3, -0.25) is 9.59 Å². The number of aryl methyl sites for hydroxylation is 1. The van der Waals surface area contributed by atoms with E-state index in [1.54, 1.807) is 35.2 Å². The Labute approximate surface area is 194 Å². The molecule has 1 N–H and O–H groups in total. The lowest BCUT2D eigenvalue weighted by Gasteiger charge is -2.27. The molecule has 2 aromatic carbocycles. The number of rotatable bonds is 8. The number of carbonyl (C=O) groups excluding carboxylic acids is 2. The molecule has 1 amide bonds. The van der Waals surface area contributed by atoms with Gasteiger partial charge < -0.3 is 19.5 Å². The van der Waals surface area contributed by atoms with Crippen LogP contribution in [0.3, 0.4) is 0 Å². The summed E-state index contributed by atoms with van der Waals surface area (Å²) in [6.45, 7) is 7.04. The van der Waals surface area contributed by atoms with Crippen LogP contribution in [0.15, 0.2) is 66.8 Å². The molecule has 2 heterocycles. The van der Waals surface area contributed by atoms with Crippen molar-refractivity contribution < 1.29 is 24.2 Å². The number of ketones is 1. The van der Waals surface area contributed by atoms with E-state index in [-0.39, 0.29) is 17.4 Å². The highest BCUT2D eigenvalue weighted by Gasteiger charge is 2.47. The van der Waals surface area contributed by atoms with Crippen LogP contribution in [0.1, 0.15) is 42.5 Å². The molecule has 33 heavy (non-hydrogen) atoms. The van der Waals surface area contributed by atoms with E-state index in [1.807, 2.05) is 24.3 Å². The summed E-state index contributed by atoms with van der Waals surface area (Å²) in [6, 6.07) is 14.0. The van der Waals surface area contributed by atoms with Crippen LogP contribution in [-0.2, 0) is 20.7 Å². The molecule has 2 aliphatic heterocycles. The quantitative estimate of drug-likeness (QED) is 0.281. The second kappa shape index (κ2) is 10.0. The highest BCUT2D eigenvalue weighted by molar-refractivity contribution is 6.46. The normalized spacial score (nSPS) is 22.0. The SMILES string of the molecule is C=CCOc1ccc(/C(O)=C2\C(=O)C(=O)N(CC3CCCO3)C2c2ccc(CC)cc2)cc1. The van der Waals surface area contributed by atoms with Crippen molar-refractivity contribution in [2.75, 3.05) is 19.8 Å². The summed E-state index contributed by atoms with van der Waals surface area (Å²) in [5.41, 5.74) is 2.50. The van der Waals surface area contributed by atoms with E-state index in [9.17, 15) is 14.7 Å². The third-order valence-electron chi connectivity index (χ3n) is 6.16. The average Bonchev–Trinajstić information content (AvgIpc) is 3.45. The number of carbonyl (C=O) groups is 2. The molecule has 6 nitrogen and oxygen atoms in total. The standard InChI is InChI=1S/C27H29NO5/c1-3-15-32-21-13-11-20(12-14-21)25(29)23-24(19-9-7-18(4-2)8-10-19)28(27(31)26(23)30)17-22-6-5-16-33-22/h3,7-14,22,24,29H,1,4-6,15-17H2,2H3/b25-23+. The first-order chi connectivity index (χ1) is 16.0. The van der Waals surface area contributed by atoms with Crippen molar-refractivity contribution in [3.8, 4) is 5.75 Å². The molecule has 2 fully saturated rings. The molecular weight excluding hydrogens is 418 g/mol. The number of benzene rings is 2. The van der Waals surface area contributed by atoms with Crippen LogP contribution in [0.4, 0.5) is 0 Å². The van der Waals surface area contributed by atoms with Gasteiger partial charge in [0.05, 0.1) is 17.7 Å². The predicted octanol–water partition coefficient (Wildman–Crippen LogP) is 4.41. The minimum atomic E-state index is -0.679. The Hall–Kier alpha value is -3.38. The maximum Gasteiger partial charge on any atom is 0.295 e. The Kier molecular flexibility index (Phi) is 6.94. The average molecular weight is 448 g/mol. The van der Waals surface area contributed by atoms with Gasteiger partial charge in [0.1, 0.15) is 18.1 Å². The van der Waals surface area contributed by atoms with E-state index < -0.39 is 17.7 Å². The van der Waals surface area contributed by atoms with Gasteiger partial charge in [0.25, 0.3) is 11.7 Å². The first-order valence-electron chi connectivity index (χ1n) is 11.4. The van der Waals surface area contributed by atoms with Crippen LogP contribution in [-0.4, -0.2) is 47.6 Å². The van der Waals surface area contributed by atoms with Crippen LogP contribution in [0.2, 0.25) is 0 Å². The van der Waals surface area contributed by atoms with Gasteiger partial charge in [0.15, 0.2) is 0 Å². The minimum Gasteiger partial charge on any atom is -0.507 e. The number of aliphatic hydroxyl groups excluding tert-OH is 1. The Balaban J connectivity index is 1.74. The zero-order valence-electron chi connectivity index (χ0n) is 18.8. The van der Waals surface area contributed by atoms with Gasteiger partial charge in [-0.1, -0.05) is 43.8 Å². The van der Waals surface area contributed by atoms with Gasteiger partial charge in [-0.05, 0) is 54.7 Å². The summed E-state index contributed by atoms with van der Waals surface area (Å²) in [5, 5.41) is 11.2. The topological polar surface area (TPSA) is 76.1 Å². The summed E-state index contributed by atoms with van der Waals surface area (Å²) >= 11 is 0. The Morgan fingerprint density at radius 3 is 2.52 bits per heavy atom. The number of Topliss-reactive ketones (excluding diaryl/α,β-unsaturated/α-hetero) is 1. The van der Waals surface area contributed by atoms with E-state index >= 15 is 0 Å². The number of ether oxygens (including phenoxy) is 2. The lowest BCUT2D eigenvalue weighted by atomic mass is 9.94. The smallest absolute Gasteiger partial charge is 0.295 e. The first-order valence-corrected chi connectivity index (χ1v) is 11.4. The highest BCUT2D eigenvalue weighted by atomic mass is 16.5. The van der Waals surface area contributed by atoms with Gasteiger partial charge in [0, 0.05) is 18.7 Å². The molecule has 172 valence electrons. The minimum absolute atomic E-state index is 0.0991. The third kappa shape index (κ3) is 4.71. The molecule has 2 atom stereocenters. The van der Waals surface area contributed by atoms with Crippen molar-refractivity contribution in [1.29, 1.82) is 0 Å². The summed E-state index contributed by atoms with van der Waals surface area (Å²) in [6.07, 6.45) is 4.20. The van der Waals surface area contributed by atoms with E-state index in [1.165, 1.54) is 0 Å². The molecule has 2 aromatic rings. The molecule has 2 aliphatic rings. The molecule has 0 bridgehead atoms. The van der Waals surface area contributed by atoms with Gasteiger partial charge in [-0.25, -0.2) is 0 Å². The van der Waals surface area contributed by atoms with E-state index in [4.69, 9.17) is 9.47 Å². The van der Waals surface area contributed by atoms with Crippen molar-refractivity contribution in [3.05, 3.63) is 83.4 Å². The number of hydrogen-bond donors (Lipinski definition) is 1. The summed E-state index contributed by atoms with van der Waals surface area (Å²) < 4.78 is 11.2. The summed E-state index contributed by atoms with van der Waals surface area (Å²) in [5.74, 6) is -0.857. The fourth-order valence-corrected chi connectivity index (χ4v) is 4.38. The monoisotopic (exact) mass is 447 g/mol. The first kappa shape index (κ1) is 22.8.